The fraction of sp³-hybridized carbons (Fsp3) is 0.200. The highest BCUT2D eigenvalue weighted by atomic mass is 32.1. The SMILES string of the molecule is CC(C)c1c[nH]c(=S)n1-c1cccc2cnccc12. The largest absolute Gasteiger partial charge is 0.337 e. The van der Waals surface area contributed by atoms with E-state index in [4.69, 9.17) is 12.2 Å². The highest BCUT2D eigenvalue weighted by Crippen LogP contribution is 2.26. The van der Waals surface area contributed by atoms with Crippen molar-refractivity contribution in [1.29, 1.82) is 0 Å². The standard InChI is InChI=1S/C15H15N3S/c1-10(2)14-9-17-15(19)18(14)13-5-3-4-11-8-16-7-6-12(11)13/h3-10H,1-2H3,(H,17,19). The second-order valence-corrected chi connectivity index (χ2v) is 5.27. The van der Waals surface area contributed by atoms with Crippen LogP contribution in [0.5, 0.6) is 0 Å². The van der Waals surface area contributed by atoms with Crippen LogP contribution in [0, 0.1) is 4.77 Å². The molecule has 96 valence electrons. The Morgan fingerprint density at radius 3 is 2.89 bits per heavy atom. The number of benzene rings is 1. The van der Waals surface area contributed by atoms with Gasteiger partial charge in [0.05, 0.1) is 5.69 Å². The first kappa shape index (κ1) is 12.1. The number of nitrogens with zero attached hydrogens (tertiary/aromatic N) is 2. The summed E-state index contributed by atoms with van der Waals surface area (Å²) in [6.07, 6.45) is 5.69. The average molecular weight is 269 g/mol. The zero-order valence-corrected chi connectivity index (χ0v) is 11.7. The van der Waals surface area contributed by atoms with Gasteiger partial charge in [0.15, 0.2) is 4.77 Å². The second-order valence-electron chi connectivity index (χ2n) is 4.88. The molecule has 2 aromatic heterocycles. The molecule has 0 saturated carbocycles. The molecule has 2 heterocycles. The number of pyridine rings is 1. The number of hydrogen-bond acceptors (Lipinski definition) is 2. The van der Waals surface area contributed by atoms with Gasteiger partial charge in [-0.15, -0.1) is 0 Å². The fourth-order valence-corrected chi connectivity index (χ4v) is 2.62. The third-order valence-electron chi connectivity index (χ3n) is 3.29. The molecule has 4 heteroatoms. The molecule has 0 bridgehead atoms. The Kier molecular flexibility index (Phi) is 2.95. The molecule has 0 amide bonds. The molecule has 0 fully saturated rings. The Balaban J connectivity index is 2.37. The quantitative estimate of drug-likeness (QED) is 0.707. The molecule has 0 atom stereocenters. The van der Waals surface area contributed by atoms with Crippen molar-refractivity contribution in [3.63, 3.8) is 0 Å². The summed E-state index contributed by atoms with van der Waals surface area (Å²) < 4.78 is 2.84. The minimum Gasteiger partial charge on any atom is -0.337 e. The molecule has 0 saturated heterocycles. The van der Waals surface area contributed by atoms with Gasteiger partial charge in [0, 0.05) is 35.1 Å². The van der Waals surface area contributed by atoms with Crippen molar-refractivity contribution in [2.75, 3.05) is 0 Å². The first-order valence-corrected chi connectivity index (χ1v) is 6.73. The van der Waals surface area contributed by atoms with Crippen LogP contribution in [-0.4, -0.2) is 14.5 Å². The highest BCUT2D eigenvalue weighted by molar-refractivity contribution is 7.71. The van der Waals surface area contributed by atoms with Crippen LogP contribution >= 0.6 is 12.2 Å². The number of rotatable bonds is 2. The van der Waals surface area contributed by atoms with Crippen molar-refractivity contribution in [2.24, 2.45) is 0 Å². The van der Waals surface area contributed by atoms with Crippen LogP contribution < -0.4 is 0 Å². The van der Waals surface area contributed by atoms with E-state index < -0.39 is 0 Å². The minimum atomic E-state index is 0.407. The molecule has 0 spiro atoms. The van der Waals surface area contributed by atoms with Crippen LogP contribution in [0.2, 0.25) is 0 Å². The van der Waals surface area contributed by atoms with E-state index in [2.05, 4.69) is 40.5 Å². The summed E-state index contributed by atoms with van der Waals surface area (Å²) in [6, 6.07) is 8.23. The first-order valence-electron chi connectivity index (χ1n) is 6.32. The van der Waals surface area contributed by atoms with Gasteiger partial charge in [0.25, 0.3) is 0 Å². The number of aromatic amines is 1. The summed E-state index contributed by atoms with van der Waals surface area (Å²) in [5.41, 5.74) is 2.30. The zero-order chi connectivity index (χ0) is 13.4. The van der Waals surface area contributed by atoms with Gasteiger partial charge in [0.2, 0.25) is 0 Å². The number of hydrogen-bond donors (Lipinski definition) is 1. The molecule has 0 aliphatic carbocycles. The Morgan fingerprint density at radius 1 is 1.26 bits per heavy atom. The van der Waals surface area contributed by atoms with E-state index in [0.717, 1.165) is 21.2 Å². The lowest BCUT2D eigenvalue weighted by molar-refractivity contribution is 0.785. The molecule has 0 aliphatic rings. The van der Waals surface area contributed by atoms with Gasteiger partial charge in [-0.25, -0.2) is 0 Å². The fourth-order valence-electron chi connectivity index (χ4n) is 2.36. The predicted molar refractivity (Wildman–Crippen MR) is 80.3 cm³/mol. The summed E-state index contributed by atoms with van der Waals surface area (Å²) in [5, 5.41) is 2.29. The summed E-state index contributed by atoms with van der Waals surface area (Å²) in [6.45, 7) is 4.34. The van der Waals surface area contributed by atoms with Crippen LogP contribution in [0.3, 0.4) is 0 Å². The molecule has 19 heavy (non-hydrogen) atoms. The number of imidazole rings is 1. The summed E-state index contributed by atoms with van der Waals surface area (Å²) in [4.78, 5) is 7.32. The maximum Gasteiger partial charge on any atom is 0.182 e. The van der Waals surface area contributed by atoms with E-state index in [9.17, 15) is 0 Å². The van der Waals surface area contributed by atoms with Crippen molar-refractivity contribution in [3.8, 4) is 5.69 Å². The maximum absolute atomic E-state index is 5.43. The maximum atomic E-state index is 5.43. The molecular weight excluding hydrogens is 254 g/mol. The molecule has 3 rings (SSSR count). The Morgan fingerprint density at radius 2 is 2.11 bits per heavy atom. The van der Waals surface area contributed by atoms with Crippen molar-refractivity contribution in [3.05, 3.63) is 53.3 Å². The van der Waals surface area contributed by atoms with E-state index in [1.165, 1.54) is 5.69 Å². The predicted octanol–water partition coefficient (Wildman–Crippen LogP) is 4.21. The summed E-state index contributed by atoms with van der Waals surface area (Å²) in [7, 11) is 0. The number of fused-ring (bicyclic) bond motifs is 1. The molecule has 1 N–H and O–H groups in total. The van der Waals surface area contributed by atoms with Gasteiger partial charge in [-0.2, -0.15) is 0 Å². The van der Waals surface area contributed by atoms with Gasteiger partial charge < -0.3 is 4.98 Å². The summed E-state index contributed by atoms with van der Waals surface area (Å²) in [5.74, 6) is 0.407. The van der Waals surface area contributed by atoms with Gasteiger partial charge >= 0.3 is 0 Å². The Hall–Kier alpha value is -1.94. The van der Waals surface area contributed by atoms with Gasteiger partial charge in [-0.1, -0.05) is 26.0 Å². The lowest BCUT2D eigenvalue weighted by Gasteiger charge is -2.13. The summed E-state index contributed by atoms with van der Waals surface area (Å²) >= 11 is 5.43. The molecule has 0 aliphatic heterocycles. The van der Waals surface area contributed by atoms with Crippen molar-refractivity contribution < 1.29 is 0 Å². The molecule has 0 unspecified atom stereocenters. The molecule has 3 aromatic rings. The molecular formula is C15H15N3S. The van der Waals surface area contributed by atoms with Crippen molar-refractivity contribution >= 4 is 23.0 Å². The Bertz CT molecular complexity index is 778. The normalized spacial score (nSPS) is 11.3. The number of H-pyrrole nitrogens is 1. The lowest BCUT2D eigenvalue weighted by atomic mass is 10.1. The third-order valence-corrected chi connectivity index (χ3v) is 3.60. The topological polar surface area (TPSA) is 33.6 Å². The van der Waals surface area contributed by atoms with E-state index >= 15 is 0 Å². The van der Waals surface area contributed by atoms with E-state index in [1.54, 1.807) is 0 Å². The Labute approximate surface area is 116 Å². The minimum absolute atomic E-state index is 0.407. The second kappa shape index (κ2) is 4.63. The van der Waals surface area contributed by atoms with Gasteiger partial charge in [-0.3, -0.25) is 9.55 Å². The van der Waals surface area contributed by atoms with Crippen LogP contribution in [0.4, 0.5) is 0 Å². The molecule has 3 nitrogen and oxygen atoms in total. The first-order chi connectivity index (χ1) is 9.18. The van der Waals surface area contributed by atoms with Crippen LogP contribution in [0.1, 0.15) is 25.5 Å². The van der Waals surface area contributed by atoms with Crippen molar-refractivity contribution in [2.45, 2.75) is 19.8 Å². The monoisotopic (exact) mass is 269 g/mol. The molecule has 1 aromatic carbocycles. The van der Waals surface area contributed by atoms with Crippen LogP contribution in [0.15, 0.2) is 42.9 Å². The van der Waals surface area contributed by atoms with Crippen LogP contribution in [-0.2, 0) is 0 Å². The lowest BCUT2D eigenvalue weighted by Crippen LogP contribution is -2.02. The van der Waals surface area contributed by atoms with Crippen molar-refractivity contribution in [1.82, 2.24) is 14.5 Å². The highest BCUT2D eigenvalue weighted by Gasteiger charge is 2.11. The van der Waals surface area contributed by atoms with E-state index in [1.807, 2.05) is 30.7 Å². The van der Waals surface area contributed by atoms with Crippen LogP contribution in [0.25, 0.3) is 16.5 Å². The van der Waals surface area contributed by atoms with E-state index in [0.29, 0.717) is 5.92 Å². The van der Waals surface area contributed by atoms with Gasteiger partial charge in [-0.05, 0) is 30.3 Å². The third kappa shape index (κ3) is 1.98. The van der Waals surface area contributed by atoms with Gasteiger partial charge in [0.1, 0.15) is 0 Å². The smallest absolute Gasteiger partial charge is 0.182 e. The number of nitrogens with one attached hydrogen (secondary N) is 1. The zero-order valence-electron chi connectivity index (χ0n) is 10.9. The van der Waals surface area contributed by atoms with E-state index in [-0.39, 0.29) is 0 Å². The average Bonchev–Trinajstić information content (AvgIpc) is 2.80. The molecule has 0 radical (unpaired) electrons. The number of aromatic nitrogens is 3.